The van der Waals surface area contributed by atoms with Gasteiger partial charge in [0.1, 0.15) is 0 Å². The number of pyridine rings is 1. The molecule has 2 aromatic heterocycles. The minimum absolute atomic E-state index is 0.154. The van der Waals surface area contributed by atoms with E-state index in [2.05, 4.69) is 15.1 Å². The van der Waals surface area contributed by atoms with Crippen molar-refractivity contribution in [2.45, 2.75) is 12.5 Å². The van der Waals surface area contributed by atoms with Crippen molar-refractivity contribution in [1.82, 2.24) is 15.1 Å². The van der Waals surface area contributed by atoms with Crippen LogP contribution in [-0.2, 0) is 6.42 Å². The normalized spacial score (nSPS) is 12.2. The van der Waals surface area contributed by atoms with Gasteiger partial charge in [0.25, 0.3) is 0 Å². The fourth-order valence-corrected chi connectivity index (χ4v) is 1.96. The van der Waals surface area contributed by atoms with Crippen molar-refractivity contribution in [2.24, 2.45) is 5.73 Å². The van der Waals surface area contributed by atoms with Crippen LogP contribution < -0.4 is 5.73 Å². The van der Waals surface area contributed by atoms with Crippen LogP contribution in [0.5, 0.6) is 0 Å². The van der Waals surface area contributed by atoms with Crippen molar-refractivity contribution >= 4 is 0 Å². The highest BCUT2D eigenvalue weighted by molar-refractivity contribution is 5.51. The van der Waals surface area contributed by atoms with E-state index in [9.17, 15) is 0 Å². The van der Waals surface area contributed by atoms with Crippen LogP contribution in [0.2, 0.25) is 0 Å². The molecule has 0 aliphatic carbocycles. The van der Waals surface area contributed by atoms with Gasteiger partial charge in [0, 0.05) is 30.4 Å². The highest BCUT2D eigenvalue weighted by atomic mass is 16.5. The van der Waals surface area contributed by atoms with Crippen molar-refractivity contribution in [3.8, 4) is 11.4 Å². The van der Waals surface area contributed by atoms with Crippen LogP contribution in [0.15, 0.2) is 59.4 Å². The van der Waals surface area contributed by atoms with Crippen LogP contribution in [0.4, 0.5) is 0 Å². The zero-order chi connectivity index (χ0) is 13.8. The predicted octanol–water partition coefficient (Wildman–Crippen LogP) is 2.37. The number of nitrogens with two attached hydrogens (primary N) is 1. The molecule has 3 rings (SSSR count). The molecule has 0 aliphatic rings. The first-order valence-electron chi connectivity index (χ1n) is 6.36. The molecule has 5 heteroatoms. The standard InChI is InChI=1S/C15H14N4O/c16-13(11-5-2-1-3-6-11)9-14-18-15(19-20-14)12-7-4-8-17-10-12/h1-8,10,13H,9,16H2/t13-/m1/s1. The van der Waals surface area contributed by atoms with Crippen LogP contribution in [0.1, 0.15) is 17.5 Å². The molecule has 2 heterocycles. The molecule has 0 unspecified atom stereocenters. The van der Waals surface area contributed by atoms with Gasteiger partial charge < -0.3 is 10.3 Å². The van der Waals surface area contributed by atoms with Gasteiger partial charge in [0.15, 0.2) is 0 Å². The van der Waals surface area contributed by atoms with Crippen LogP contribution >= 0.6 is 0 Å². The van der Waals surface area contributed by atoms with E-state index in [1.807, 2.05) is 42.5 Å². The van der Waals surface area contributed by atoms with Crippen LogP contribution in [0, 0.1) is 0 Å². The van der Waals surface area contributed by atoms with Crippen LogP contribution in [0.25, 0.3) is 11.4 Å². The Morgan fingerprint density at radius 1 is 1.10 bits per heavy atom. The largest absolute Gasteiger partial charge is 0.339 e. The van der Waals surface area contributed by atoms with E-state index in [1.165, 1.54) is 0 Å². The average Bonchev–Trinajstić information content (AvgIpc) is 2.97. The zero-order valence-electron chi connectivity index (χ0n) is 10.8. The third-order valence-electron chi connectivity index (χ3n) is 3.01. The Morgan fingerprint density at radius 2 is 1.95 bits per heavy atom. The lowest BCUT2D eigenvalue weighted by molar-refractivity contribution is 0.370. The Morgan fingerprint density at radius 3 is 2.70 bits per heavy atom. The van der Waals surface area contributed by atoms with Gasteiger partial charge in [-0.3, -0.25) is 4.98 Å². The Kier molecular flexibility index (Phi) is 3.52. The van der Waals surface area contributed by atoms with Gasteiger partial charge in [-0.15, -0.1) is 0 Å². The fraction of sp³-hybridized carbons (Fsp3) is 0.133. The van der Waals surface area contributed by atoms with E-state index in [-0.39, 0.29) is 6.04 Å². The van der Waals surface area contributed by atoms with Gasteiger partial charge in [-0.1, -0.05) is 35.5 Å². The molecular weight excluding hydrogens is 252 g/mol. The molecule has 3 aromatic rings. The van der Waals surface area contributed by atoms with E-state index in [0.717, 1.165) is 11.1 Å². The van der Waals surface area contributed by atoms with Crippen molar-refractivity contribution in [1.29, 1.82) is 0 Å². The third-order valence-corrected chi connectivity index (χ3v) is 3.01. The highest BCUT2D eigenvalue weighted by Crippen LogP contribution is 2.18. The van der Waals surface area contributed by atoms with Crippen molar-refractivity contribution < 1.29 is 4.52 Å². The second kappa shape index (κ2) is 5.63. The average molecular weight is 266 g/mol. The summed E-state index contributed by atoms with van der Waals surface area (Å²) < 4.78 is 5.24. The zero-order valence-corrected chi connectivity index (χ0v) is 10.8. The van der Waals surface area contributed by atoms with Crippen LogP contribution in [0.3, 0.4) is 0 Å². The molecule has 0 saturated carbocycles. The highest BCUT2D eigenvalue weighted by Gasteiger charge is 2.13. The quantitative estimate of drug-likeness (QED) is 0.784. The first-order valence-corrected chi connectivity index (χ1v) is 6.36. The van der Waals surface area contributed by atoms with Crippen molar-refractivity contribution in [2.75, 3.05) is 0 Å². The first kappa shape index (κ1) is 12.5. The number of rotatable bonds is 4. The van der Waals surface area contributed by atoms with Gasteiger partial charge >= 0.3 is 0 Å². The second-order valence-corrected chi connectivity index (χ2v) is 4.47. The Balaban J connectivity index is 1.75. The Bertz CT molecular complexity index is 667. The van der Waals surface area contributed by atoms with E-state index in [1.54, 1.807) is 12.4 Å². The molecule has 0 spiro atoms. The molecule has 0 bridgehead atoms. The molecule has 2 N–H and O–H groups in total. The summed E-state index contributed by atoms with van der Waals surface area (Å²) in [4.78, 5) is 8.38. The molecule has 0 saturated heterocycles. The molecule has 20 heavy (non-hydrogen) atoms. The minimum Gasteiger partial charge on any atom is -0.339 e. The maximum absolute atomic E-state index is 6.13. The predicted molar refractivity (Wildman–Crippen MR) is 74.6 cm³/mol. The van der Waals surface area contributed by atoms with Gasteiger partial charge in [-0.25, -0.2) is 0 Å². The lowest BCUT2D eigenvalue weighted by Gasteiger charge is -2.08. The summed E-state index contributed by atoms with van der Waals surface area (Å²) in [5.74, 6) is 1.06. The lowest BCUT2D eigenvalue weighted by atomic mass is 10.1. The molecule has 1 aromatic carbocycles. The van der Waals surface area contributed by atoms with Crippen molar-refractivity contribution in [3.05, 3.63) is 66.3 Å². The maximum atomic E-state index is 6.13. The Hall–Kier alpha value is -2.53. The van der Waals surface area contributed by atoms with Gasteiger partial charge in [0.2, 0.25) is 11.7 Å². The number of aromatic nitrogens is 3. The molecule has 0 amide bonds. The summed E-state index contributed by atoms with van der Waals surface area (Å²) in [5.41, 5.74) is 8.01. The third kappa shape index (κ3) is 2.73. The van der Waals surface area contributed by atoms with Gasteiger partial charge in [-0.2, -0.15) is 4.98 Å². The summed E-state index contributed by atoms with van der Waals surface area (Å²) in [6.45, 7) is 0. The fourth-order valence-electron chi connectivity index (χ4n) is 1.96. The number of benzene rings is 1. The molecule has 0 aliphatic heterocycles. The first-order chi connectivity index (χ1) is 9.83. The molecule has 0 radical (unpaired) electrons. The summed E-state index contributed by atoms with van der Waals surface area (Å²) in [6.07, 6.45) is 3.92. The molecule has 0 fully saturated rings. The van der Waals surface area contributed by atoms with Gasteiger partial charge in [-0.05, 0) is 17.7 Å². The summed E-state index contributed by atoms with van der Waals surface area (Å²) >= 11 is 0. The Labute approximate surface area is 116 Å². The summed E-state index contributed by atoms with van der Waals surface area (Å²) in [7, 11) is 0. The number of hydrogen-bond acceptors (Lipinski definition) is 5. The monoisotopic (exact) mass is 266 g/mol. The molecular formula is C15H14N4O. The van der Waals surface area contributed by atoms with Crippen molar-refractivity contribution in [3.63, 3.8) is 0 Å². The SMILES string of the molecule is N[C@H](Cc1nc(-c2cccnc2)no1)c1ccccc1. The van der Waals surface area contributed by atoms with E-state index >= 15 is 0 Å². The maximum Gasteiger partial charge on any atom is 0.228 e. The topological polar surface area (TPSA) is 77.8 Å². The number of nitrogens with zero attached hydrogens (tertiary/aromatic N) is 3. The second-order valence-electron chi connectivity index (χ2n) is 4.47. The lowest BCUT2D eigenvalue weighted by Crippen LogP contribution is -2.13. The van der Waals surface area contributed by atoms with E-state index < -0.39 is 0 Å². The summed E-state index contributed by atoms with van der Waals surface area (Å²) in [5, 5.41) is 3.95. The molecule has 100 valence electrons. The van der Waals surface area contributed by atoms with E-state index in [0.29, 0.717) is 18.1 Å². The smallest absolute Gasteiger partial charge is 0.228 e. The number of hydrogen-bond donors (Lipinski definition) is 1. The molecule has 5 nitrogen and oxygen atoms in total. The molecule has 1 atom stereocenters. The van der Waals surface area contributed by atoms with E-state index in [4.69, 9.17) is 10.3 Å². The van der Waals surface area contributed by atoms with Gasteiger partial charge in [0.05, 0.1) is 0 Å². The van der Waals surface area contributed by atoms with Crippen LogP contribution in [-0.4, -0.2) is 15.1 Å². The summed E-state index contributed by atoms with van der Waals surface area (Å²) in [6, 6.07) is 13.4. The minimum atomic E-state index is -0.154.